The van der Waals surface area contributed by atoms with Gasteiger partial charge in [0.15, 0.2) is 5.82 Å². The van der Waals surface area contributed by atoms with Crippen molar-refractivity contribution in [3.05, 3.63) is 40.3 Å². The highest BCUT2D eigenvalue weighted by molar-refractivity contribution is 5.72. The van der Waals surface area contributed by atoms with E-state index in [9.17, 15) is 9.59 Å². The average molecular weight is 246 g/mol. The molecule has 0 aromatic carbocycles. The maximum Gasteiger partial charge on any atom is 0.308 e. The van der Waals surface area contributed by atoms with Crippen LogP contribution in [0.2, 0.25) is 0 Å². The number of carboxylic acid groups (broad SMARTS) is 1. The van der Waals surface area contributed by atoms with Crippen molar-refractivity contribution in [3.8, 4) is 11.5 Å². The molecule has 2 aromatic heterocycles. The van der Waals surface area contributed by atoms with Crippen molar-refractivity contribution in [2.24, 2.45) is 0 Å². The zero-order valence-corrected chi connectivity index (χ0v) is 9.25. The van der Waals surface area contributed by atoms with E-state index in [2.05, 4.69) is 15.0 Å². The monoisotopic (exact) mass is 246 g/mol. The quantitative estimate of drug-likeness (QED) is 0.702. The molecule has 0 radical (unpaired) electrons. The Morgan fingerprint density at radius 3 is 2.78 bits per heavy atom. The lowest BCUT2D eigenvalue weighted by molar-refractivity contribution is -0.136. The SMILES string of the molecule is Nc1nc(-c2ccccn2)[nH]c(=O)c1CC(=O)O. The molecule has 0 spiro atoms. The van der Waals surface area contributed by atoms with E-state index in [1.165, 1.54) is 0 Å². The number of H-pyrrole nitrogens is 1. The Balaban J connectivity index is 2.49. The van der Waals surface area contributed by atoms with E-state index in [0.29, 0.717) is 5.69 Å². The summed E-state index contributed by atoms with van der Waals surface area (Å²) in [6.45, 7) is 0. The molecule has 0 bridgehead atoms. The van der Waals surface area contributed by atoms with Crippen molar-refractivity contribution in [1.82, 2.24) is 15.0 Å². The molecule has 0 saturated heterocycles. The number of hydrogen-bond donors (Lipinski definition) is 3. The summed E-state index contributed by atoms with van der Waals surface area (Å²) >= 11 is 0. The van der Waals surface area contributed by atoms with Gasteiger partial charge in [-0.3, -0.25) is 14.6 Å². The van der Waals surface area contributed by atoms with Gasteiger partial charge in [-0.1, -0.05) is 6.07 Å². The van der Waals surface area contributed by atoms with Crippen LogP contribution in [0.25, 0.3) is 11.5 Å². The predicted octanol–water partition coefficient (Wildman–Crippen LogP) is 0.0412. The van der Waals surface area contributed by atoms with Gasteiger partial charge in [-0.05, 0) is 12.1 Å². The Morgan fingerprint density at radius 2 is 2.22 bits per heavy atom. The first-order valence-corrected chi connectivity index (χ1v) is 5.10. The number of nitrogens with one attached hydrogen (secondary N) is 1. The molecule has 0 saturated carbocycles. The average Bonchev–Trinajstić information content (AvgIpc) is 2.34. The summed E-state index contributed by atoms with van der Waals surface area (Å²) in [6, 6.07) is 5.13. The van der Waals surface area contributed by atoms with Crippen LogP contribution in [0.3, 0.4) is 0 Å². The van der Waals surface area contributed by atoms with E-state index in [1.54, 1.807) is 24.4 Å². The Kier molecular flexibility index (Phi) is 3.05. The second-order valence-electron chi connectivity index (χ2n) is 3.56. The first kappa shape index (κ1) is 11.8. The molecule has 92 valence electrons. The van der Waals surface area contributed by atoms with E-state index in [0.717, 1.165) is 0 Å². The number of rotatable bonds is 3. The number of pyridine rings is 1. The molecule has 0 aliphatic carbocycles. The zero-order valence-electron chi connectivity index (χ0n) is 9.25. The summed E-state index contributed by atoms with van der Waals surface area (Å²) in [6.07, 6.45) is 1.09. The first-order valence-electron chi connectivity index (χ1n) is 5.10. The van der Waals surface area contributed by atoms with Crippen molar-refractivity contribution in [2.45, 2.75) is 6.42 Å². The summed E-state index contributed by atoms with van der Waals surface area (Å²) in [5.74, 6) is -1.02. The van der Waals surface area contributed by atoms with Gasteiger partial charge in [0.05, 0.1) is 12.0 Å². The second kappa shape index (κ2) is 4.66. The van der Waals surface area contributed by atoms with Gasteiger partial charge >= 0.3 is 5.97 Å². The fraction of sp³-hybridized carbons (Fsp3) is 0.0909. The third-order valence-electron chi connectivity index (χ3n) is 2.28. The van der Waals surface area contributed by atoms with Crippen LogP contribution >= 0.6 is 0 Å². The number of nitrogens with zero attached hydrogens (tertiary/aromatic N) is 2. The molecule has 2 heterocycles. The fourth-order valence-corrected chi connectivity index (χ4v) is 1.46. The normalized spacial score (nSPS) is 10.2. The van der Waals surface area contributed by atoms with Gasteiger partial charge in [-0.2, -0.15) is 0 Å². The molecule has 0 amide bonds. The highest BCUT2D eigenvalue weighted by Gasteiger charge is 2.13. The van der Waals surface area contributed by atoms with Crippen molar-refractivity contribution >= 4 is 11.8 Å². The topological polar surface area (TPSA) is 122 Å². The largest absolute Gasteiger partial charge is 0.481 e. The van der Waals surface area contributed by atoms with Gasteiger partial charge in [0.25, 0.3) is 5.56 Å². The molecule has 0 unspecified atom stereocenters. The highest BCUT2D eigenvalue weighted by atomic mass is 16.4. The summed E-state index contributed by atoms with van der Waals surface area (Å²) in [4.78, 5) is 32.7. The number of nitrogens with two attached hydrogens (primary N) is 1. The molecular weight excluding hydrogens is 236 g/mol. The second-order valence-corrected chi connectivity index (χ2v) is 3.56. The van der Waals surface area contributed by atoms with Crippen molar-refractivity contribution in [1.29, 1.82) is 0 Å². The third-order valence-corrected chi connectivity index (χ3v) is 2.28. The maximum absolute atomic E-state index is 11.7. The fourth-order valence-electron chi connectivity index (χ4n) is 1.46. The smallest absolute Gasteiger partial charge is 0.308 e. The van der Waals surface area contributed by atoms with Gasteiger partial charge < -0.3 is 15.8 Å². The number of carboxylic acids is 1. The lowest BCUT2D eigenvalue weighted by Gasteiger charge is -2.04. The molecular formula is C11H10N4O3. The molecule has 7 heteroatoms. The van der Waals surface area contributed by atoms with E-state index < -0.39 is 17.9 Å². The summed E-state index contributed by atoms with van der Waals surface area (Å²) in [5.41, 5.74) is 5.43. The molecule has 0 aliphatic heterocycles. The number of carbonyl (C=O) groups is 1. The number of aliphatic carboxylic acids is 1. The minimum absolute atomic E-state index is 0.0535. The van der Waals surface area contributed by atoms with Gasteiger partial charge in [-0.25, -0.2) is 4.98 Å². The molecule has 18 heavy (non-hydrogen) atoms. The zero-order chi connectivity index (χ0) is 13.1. The first-order chi connectivity index (χ1) is 8.58. The molecule has 4 N–H and O–H groups in total. The van der Waals surface area contributed by atoms with Gasteiger partial charge in [-0.15, -0.1) is 0 Å². The van der Waals surface area contributed by atoms with Gasteiger partial charge in [0.2, 0.25) is 0 Å². The highest BCUT2D eigenvalue weighted by Crippen LogP contribution is 2.12. The predicted molar refractivity (Wildman–Crippen MR) is 63.8 cm³/mol. The van der Waals surface area contributed by atoms with Crippen LogP contribution in [0.5, 0.6) is 0 Å². The lowest BCUT2D eigenvalue weighted by Crippen LogP contribution is -2.21. The van der Waals surface area contributed by atoms with Crippen molar-refractivity contribution in [3.63, 3.8) is 0 Å². The molecule has 0 atom stereocenters. The lowest BCUT2D eigenvalue weighted by atomic mass is 10.2. The molecule has 7 nitrogen and oxygen atoms in total. The standard InChI is InChI=1S/C11H10N4O3/c12-9-6(5-8(16)17)11(18)15-10(14-9)7-3-1-2-4-13-7/h1-4H,5H2,(H,16,17)(H3,12,14,15,18). The molecule has 0 fully saturated rings. The van der Waals surface area contributed by atoms with E-state index >= 15 is 0 Å². The summed E-state index contributed by atoms with van der Waals surface area (Å²) < 4.78 is 0. The molecule has 2 rings (SSSR count). The van der Waals surface area contributed by atoms with Gasteiger partial charge in [0, 0.05) is 6.20 Å². The van der Waals surface area contributed by atoms with Crippen LogP contribution in [0, 0.1) is 0 Å². The van der Waals surface area contributed by atoms with Crippen molar-refractivity contribution in [2.75, 3.05) is 5.73 Å². The minimum atomic E-state index is -1.14. The Hall–Kier alpha value is -2.70. The number of hydrogen-bond acceptors (Lipinski definition) is 5. The van der Waals surface area contributed by atoms with E-state index in [4.69, 9.17) is 10.8 Å². The number of aromatic amines is 1. The van der Waals surface area contributed by atoms with Crippen LogP contribution in [0.1, 0.15) is 5.56 Å². The van der Waals surface area contributed by atoms with Crippen LogP contribution in [-0.2, 0) is 11.2 Å². The van der Waals surface area contributed by atoms with E-state index in [-0.39, 0.29) is 17.2 Å². The maximum atomic E-state index is 11.7. The molecule has 2 aromatic rings. The van der Waals surface area contributed by atoms with E-state index in [1.807, 2.05) is 0 Å². The minimum Gasteiger partial charge on any atom is -0.481 e. The Morgan fingerprint density at radius 1 is 1.44 bits per heavy atom. The van der Waals surface area contributed by atoms with Crippen LogP contribution in [-0.4, -0.2) is 26.0 Å². The van der Waals surface area contributed by atoms with Gasteiger partial charge in [0.1, 0.15) is 11.5 Å². The number of anilines is 1. The van der Waals surface area contributed by atoms with Crippen LogP contribution < -0.4 is 11.3 Å². The van der Waals surface area contributed by atoms with Crippen LogP contribution in [0.15, 0.2) is 29.2 Å². The van der Waals surface area contributed by atoms with Crippen LogP contribution in [0.4, 0.5) is 5.82 Å². The number of aromatic nitrogens is 3. The van der Waals surface area contributed by atoms with Crippen molar-refractivity contribution < 1.29 is 9.90 Å². The molecule has 0 aliphatic rings. The Labute approximate surface area is 101 Å². The Bertz CT molecular complexity index is 636. The summed E-state index contributed by atoms with van der Waals surface area (Å²) in [7, 11) is 0. The third kappa shape index (κ3) is 2.34. The number of nitrogen functional groups attached to an aromatic ring is 1. The summed E-state index contributed by atoms with van der Waals surface area (Å²) in [5, 5.41) is 8.65.